The molecule has 4 heteroatoms. The molecule has 1 aromatic carbocycles. The molecule has 0 unspecified atom stereocenters. The lowest BCUT2D eigenvalue weighted by molar-refractivity contribution is 0.0697. The topological polar surface area (TPSA) is 37.3 Å². The molecule has 0 radical (unpaired) electrons. The normalized spacial score (nSPS) is 10.4. The highest BCUT2D eigenvalue weighted by atomic mass is 35.5. The van der Waals surface area contributed by atoms with E-state index in [4.69, 9.17) is 16.7 Å². The molecular weight excluding hydrogens is 244 g/mol. The first kappa shape index (κ1) is 11.2. The van der Waals surface area contributed by atoms with Crippen molar-refractivity contribution < 1.29 is 9.90 Å². The van der Waals surface area contributed by atoms with Crippen molar-refractivity contribution in [1.82, 2.24) is 0 Å². The average Bonchev–Trinajstić information content (AvgIpc) is 2.64. The molecule has 0 fully saturated rings. The zero-order valence-electron chi connectivity index (χ0n) is 8.53. The van der Waals surface area contributed by atoms with Gasteiger partial charge in [0.1, 0.15) is 0 Å². The first-order valence-electron chi connectivity index (χ1n) is 4.65. The minimum absolute atomic E-state index is 0.216. The minimum atomic E-state index is -0.961. The molecule has 16 heavy (non-hydrogen) atoms. The van der Waals surface area contributed by atoms with Gasteiger partial charge in [-0.3, -0.25) is 0 Å². The lowest BCUT2D eigenvalue weighted by Crippen LogP contribution is -1.95. The van der Waals surface area contributed by atoms with Gasteiger partial charge in [0, 0.05) is 9.90 Å². The van der Waals surface area contributed by atoms with Crippen molar-refractivity contribution in [2.75, 3.05) is 0 Å². The van der Waals surface area contributed by atoms with Crippen LogP contribution in [0.3, 0.4) is 0 Å². The first-order chi connectivity index (χ1) is 7.56. The van der Waals surface area contributed by atoms with Gasteiger partial charge in [0.25, 0.3) is 0 Å². The Morgan fingerprint density at radius 2 is 2.06 bits per heavy atom. The summed E-state index contributed by atoms with van der Waals surface area (Å²) in [5, 5.41) is 11.4. The molecule has 82 valence electrons. The summed E-state index contributed by atoms with van der Waals surface area (Å²) in [5.74, 6) is -0.961. The largest absolute Gasteiger partial charge is 0.478 e. The molecule has 0 spiro atoms. The molecule has 0 aliphatic heterocycles. The van der Waals surface area contributed by atoms with Crippen LogP contribution in [0.2, 0.25) is 5.02 Å². The number of thiophene rings is 1. The summed E-state index contributed by atoms with van der Waals surface area (Å²) >= 11 is 7.47. The lowest BCUT2D eigenvalue weighted by atomic mass is 10.1. The third kappa shape index (κ3) is 2.26. The predicted octanol–water partition coefficient (Wildman–Crippen LogP) is 4.08. The van der Waals surface area contributed by atoms with Gasteiger partial charge in [-0.15, -0.1) is 11.3 Å². The van der Waals surface area contributed by atoms with E-state index in [1.165, 1.54) is 6.07 Å². The number of aryl methyl sites for hydroxylation is 1. The number of hydrogen-bond acceptors (Lipinski definition) is 2. The van der Waals surface area contributed by atoms with E-state index in [2.05, 4.69) is 0 Å². The van der Waals surface area contributed by atoms with Crippen LogP contribution in [0, 0.1) is 6.92 Å². The summed E-state index contributed by atoms with van der Waals surface area (Å²) in [6.45, 7) is 2.00. The van der Waals surface area contributed by atoms with Crippen molar-refractivity contribution in [2.45, 2.75) is 6.92 Å². The monoisotopic (exact) mass is 252 g/mol. The van der Waals surface area contributed by atoms with Crippen molar-refractivity contribution in [3.05, 3.63) is 45.8 Å². The fourth-order valence-electron chi connectivity index (χ4n) is 1.44. The number of hydrogen-bond donors (Lipinski definition) is 1. The van der Waals surface area contributed by atoms with E-state index in [1.54, 1.807) is 23.5 Å². The molecular formula is C12H9ClO2S. The van der Waals surface area contributed by atoms with Crippen LogP contribution in [0.25, 0.3) is 10.4 Å². The second-order valence-corrected chi connectivity index (χ2v) is 4.87. The maximum atomic E-state index is 10.9. The van der Waals surface area contributed by atoms with Crippen molar-refractivity contribution in [3.63, 3.8) is 0 Å². The van der Waals surface area contributed by atoms with Crippen molar-refractivity contribution >= 4 is 28.9 Å². The molecule has 0 aliphatic rings. The Kier molecular flexibility index (Phi) is 2.99. The van der Waals surface area contributed by atoms with Crippen molar-refractivity contribution in [3.8, 4) is 10.4 Å². The lowest BCUT2D eigenvalue weighted by Gasteiger charge is -2.01. The average molecular weight is 253 g/mol. The number of rotatable bonds is 2. The second kappa shape index (κ2) is 4.28. The number of aromatic carboxylic acids is 1. The third-order valence-corrected chi connectivity index (χ3v) is 3.48. The van der Waals surface area contributed by atoms with E-state index in [-0.39, 0.29) is 5.56 Å². The summed E-state index contributed by atoms with van der Waals surface area (Å²) in [5.41, 5.74) is 2.23. The fraction of sp³-hybridized carbons (Fsp3) is 0.0833. The van der Waals surface area contributed by atoms with Crippen LogP contribution in [0.1, 0.15) is 15.9 Å². The van der Waals surface area contributed by atoms with Crippen LogP contribution in [-0.4, -0.2) is 11.1 Å². The molecule has 2 nitrogen and oxygen atoms in total. The van der Waals surface area contributed by atoms with E-state index in [0.717, 1.165) is 16.0 Å². The quantitative estimate of drug-likeness (QED) is 0.875. The highest BCUT2D eigenvalue weighted by Gasteiger charge is 2.08. The van der Waals surface area contributed by atoms with Gasteiger partial charge in [0.2, 0.25) is 0 Å². The standard InChI is InChI=1S/C12H9ClO2S/c1-7-2-11(16-6-7)8-3-9(12(14)15)5-10(13)4-8/h2-6H,1H3,(H,14,15). The van der Waals surface area contributed by atoms with Gasteiger partial charge in [-0.2, -0.15) is 0 Å². The molecule has 0 bridgehead atoms. The molecule has 1 N–H and O–H groups in total. The van der Waals surface area contributed by atoms with E-state index in [0.29, 0.717) is 5.02 Å². The van der Waals surface area contributed by atoms with Gasteiger partial charge in [0.15, 0.2) is 0 Å². The van der Waals surface area contributed by atoms with Gasteiger partial charge in [0.05, 0.1) is 5.56 Å². The Morgan fingerprint density at radius 3 is 2.62 bits per heavy atom. The molecule has 0 saturated heterocycles. The molecule has 2 rings (SSSR count). The Hall–Kier alpha value is -1.32. The third-order valence-electron chi connectivity index (χ3n) is 2.16. The van der Waals surface area contributed by atoms with Gasteiger partial charge in [-0.25, -0.2) is 4.79 Å². The zero-order valence-corrected chi connectivity index (χ0v) is 10.1. The van der Waals surface area contributed by atoms with Gasteiger partial charge in [-0.1, -0.05) is 11.6 Å². The summed E-state index contributed by atoms with van der Waals surface area (Å²) in [6.07, 6.45) is 0. The SMILES string of the molecule is Cc1csc(-c2cc(Cl)cc(C(=O)O)c2)c1. The van der Waals surface area contributed by atoms with Gasteiger partial charge >= 0.3 is 5.97 Å². The number of carboxylic acids is 1. The van der Waals surface area contributed by atoms with Gasteiger partial charge in [-0.05, 0) is 47.7 Å². The highest BCUT2D eigenvalue weighted by molar-refractivity contribution is 7.13. The highest BCUT2D eigenvalue weighted by Crippen LogP contribution is 2.30. The number of halogens is 1. The Balaban J connectivity index is 2.53. The van der Waals surface area contributed by atoms with Crippen LogP contribution >= 0.6 is 22.9 Å². The van der Waals surface area contributed by atoms with E-state index >= 15 is 0 Å². The molecule has 2 aromatic rings. The van der Waals surface area contributed by atoms with Crippen LogP contribution < -0.4 is 0 Å². The molecule has 0 atom stereocenters. The fourth-order valence-corrected chi connectivity index (χ4v) is 2.56. The summed E-state index contributed by atoms with van der Waals surface area (Å²) in [4.78, 5) is 11.9. The Labute approximate surface area is 102 Å². The molecule has 0 aliphatic carbocycles. The summed E-state index contributed by atoms with van der Waals surface area (Å²) in [7, 11) is 0. The van der Waals surface area contributed by atoms with Crippen LogP contribution in [0.4, 0.5) is 0 Å². The zero-order chi connectivity index (χ0) is 11.7. The van der Waals surface area contributed by atoms with Crippen molar-refractivity contribution in [1.29, 1.82) is 0 Å². The van der Waals surface area contributed by atoms with E-state index in [1.807, 2.05) is 18.4 Å². The minimum Gasteiger partial charge on any atom is -0.478 e. The number of carboxylic acid groups (broad SMARTS) is 1. The van der Waals surface area contributed by atoms with Gasteiger partial charge < -0.3 is 5.11 Å². The summed E-state index contributed by atoms with van der Waals surface area (Å²) in [6, 6.07) is 6.88. The molecule has 1 aromatic heterocycles. The Bertz CT molecular complexity index is 546. The maximum absolute atomic E-state index is 10.9. The predicted molar refractivity (Wildman–Crippen MR) is 66.5 cm³/mol. The van der Waals surface area contributed by atoms with E-state index in [9.17, 15) is 4.79 Å². The second-order valence-electron chi connectivity index (χ2n) is 3.52. The smallest absolute Gasteiger partial charge is 0.335 e. The molecule has 0 amide bonds. The van der Waals surface area contributed by atoms with Crippen LogP contribution in [0.5, 0.6) is 0 Å². The summed E-state index contributed by atoms with van der Waals surface area (Å²) < 4.78 is 0. The molecule has 0 saturated carbocycles. The number of carbonyl (C=O) groups is 1. The molecule has 1 heterocycles. The maximum Gasteiger partial charge on any atom is 0.335 e. The first-order valence-corrected chi connectivity index (χ1v) is 5.91. The van der Waals surface area contributed by atoms with Crippen LogP contribution in [-0.2, 0) is 0 Å². The van der Waals surface area contributed by atoms with E-state index < -0.39 is 5.97 Å². The number of benzene rings is 1. The Morgan fingerprint density at radius 1 is 1.31 bits per heavy atom. The van der Waals surface area contributed by atoms with Crippen LogP contribution in [0.15, 0.2) is 29.6 Å². The van der Waals surface area contributed by atoms with Crippen molar-refractivity contribution in [2.24, 2.45) is 0 Å².